The topological polar surface area (TPSA) is 42.6 Å². The first kappa shape index (κ1) is 17.6. The van der Waals surface area contributed by atoms with Gasteiger partial charge in [-0.2, -0.15) is 5.26 Å². The van der Waals surface area contributed by atoms with Crippen molar-refractivity contribution in [3.63, 3.8) is 0 Å². The lowest BCUT2D eigenvalue weighted by atomic mass is 10.1. The molecular weight excluding hydrogens is 358 g/mol. The second kappa shape index (κ2) is 7.94. The van der Waals surface area contributed by atoms with Crippen LogP contribution in [0, 0.1) is 17.1 Å². The summed E-state index contributed by atoms with van der Waals surface area (Å²) in [6.07, 6.45) is 0. The fourth-order valence-electron chi connectivity index (χ4n) is 1.58. The number of rotatable bonds is 2. The van der Waals surface area contributed by atoms with Crippen molar-refractivity contribution in [3.05, 3.63) is 35.1 Å². The van der Waals surface area contributed by atoms with E-state index >= 15 is 0 Å². The number of aliphatic imine (C=N–C) groups is 1. The maximum atomic E-state index is 13.6. The molecule has 0 bridgehead atoms. The van der Waals surface area contributed by atoms with E-state index in [9.17, 15) is 4.39 Å². The summed E-state index contributed by atoms with van der Waals surface area (Å²) in [5.41, 5.74) is 0.802. The Bertz CT molecular complexity index is 482. The number of nitrogens with zero attached hydrogens (tertiary/aromatic N) is 4. The monoisotopic (exact) mass is 376 g/mol. The highest BCUT2D eigenvalue weighted by Gasteiger charge is 2.06. The molecule has 1 aromatic carbocycles. The summed E-state index contributed by atoms with van der Waals surface area (Å²) in [5, 5.41) is 8.66. The molecule has 0 fully saturated rings. The Balaban J connectivity index is 0.00000324. The molecule has 0 spiro atoms. The third-order valence-corrected chi connectivity index (χ3v) is 2.37. The van der Waals surface area contributed by atoms with Crippen LogP contribution in [0.5, 0.6) is 0 Å². The van der Waals surface area contributed by atoms with Crippen LogP contribution in [0.3, 0.4) is 0 Å². The lowest BCUT2D eigenvalue weighted by Gasteiger charge is -2.22. The van der Waals surface area contributed by atoms with Gasteiger partial charge in [0, 0.05) is 33.8 Å². The van der Waals surface area contributed by atoms with Crippen LogP contribution < -0.4 is 0 Å². The Hall–Kier alpha value is -1.36. The van der Waals surface area contributed by atoms with E-state index in [0.717, 1.165) is 5.96 Å². The molecule has 0 heterocycles. The Labute approximate surface area is 130 Å². The van der Waals surface area contributed by atoms with Gasteiger partial charge in [-0.15, -0.1) is 24.0 Å². The summed E-state index contributed by atoms with van der Waals surface area (Å²) in [5.74, 6) is 0.369. The molecule has 0 N–H and O–H groups in total. The first-order valence-electron chi connectivity index (χ1n) is 5.53. The zero-order valence-electron chi connectivity index (χ0n) is 11.5. The van der Waals surface area contributed by atoms with Crippen LogP contribution in [-0.4, -0.2) is 44.0 Å². The van der Waals surface area contributed by atoms with Crippen molar-refractivity contribution < 1.29 is 4.39 Å². The van der Waals surface area contributed by atoms with E-state index in [2.05, 4.69) is 4.99 Å². The summed E-state index contributed by atoms with van der Waals surface area (Å²) in [4.78, 5) is 8.08. The quantitative estimate of drug-likeness (QED) is 0.452. The van der Waals surface area contributed by atoms with E-state index in [1.807, 2.05) is 44.1 Å². The van der Waals surface area contributed by atoms with Crippen molar-refractivity contribution in [3.8, 4) is 6.07 Å². The predicted octanol–water partition coefficient (Wildman–Crippen LogP) is 2.29. The first-order chi connectivity index (χ1) is 8.45. The van der Waals surface area contributed by atoms with Crippen LogP contribution in [-0.2, 0) is 6.54 Å². The van der Waals surface area contributed by atoms with Crippen LogP contribution >= 0.6 is 24.0 Å². The van der Waals surface area contributed by atoms with Gasteiger partial charge in [0.15, 0.2) is 5.96 Å². The Kier molecular flexibility index (Phi) is 7.37. The largest absolute Gasteiger partial charge is 0.349 e. The minimum Gasteiger partial charge on any atom is -0.349 e. The van der Waals surface area contributed by atoms with E-state index in [0.29, 0.717) is 11.1 Å². The van der Waals surface area contributed by atoms with Crippen molar-refractivity contribution in [1.82, 2.24) is 9.80 Å². The van der Waals surface area contributed by atoms with Crippen molar-refractivity contribution in [2.45, 2.75) is 6.54 Å². The fourth-order valence-corrected chi connectivity index (χ4v) is 1.58. The third kappa shape index (κ3) is 5.03. The van der Waals surface area contributed by atoms with E-state index in [4.69, 9.17) is 5.26 Å². The van der Waals surface area contributed by atoms with E-state index in [-0.39, 0.29) is 30.5 Å². The van der Waals surface area contributed by atoms with Gasteiger partial charge in [-0.1, -0.05) is 6.07 Å². The number of nitriles is 1. The highest BCUT2D eigenvalue weighted by atomic mass is 127. The zero-order chi connectivity index (χ0) is 13.7. The van der Waals surface area contributed by atoms with Crippen molar-refractivity contribution in [2.24, 2.45) is 4.99 Å². The number of halogens is 2. The van der Waals surface area contributed by atoms with Gasteiger partial charge in [-0.25, -0.2) is 9.38 Å². The Morgan fingerprint density at radius 1 is 1.26 bits per heavy atom. The van der Waals surface area contributed by atoms with Crippen LogP contribution in [0.1, 0.15) is 11.1 Å². The molecule has 0 aromatic heterocycles. The SMILES string of the molecule is CN(C)C(=NCc1ccc(C#N)cc1F)N(C)C.I. The molecule has 0 aliphatic heterocycles. The van der Waals surface area contributed by atoms with Gasteiger partial charge in [-0.3, -0.25) is 0 Å². The molecule has 1 aromatic rings. The molecule has 104 valence electrons. The molecule has 0 amide bonds. The smallest absolute Gasteiger partial charge is 0.195 e. The van der Waals surface area contributed by atoms with Crippen LogP contribution in [0.2, 0.25) is 0 Å². The molecule has 0 aliphatic rings. The molecule has 19 heavy (non-hydrogen) atoms. The zero-order valence-corrected chi connectivity index (χ0v) is 13.8. The Morgan fingerprint density at radius 2 is 1.84 bits per heavy atom. The van der Waals surface area contributed by atoms with Crippen LogP contribution in [0.15, 0.2) is 23.2 Å². The molecule has 6 heteroatoms. The van der Waals surface area contributed by atoms with Gasteiger partial charge in [0.1, 0.15) is 5.82 Å². The van der Waals surface area contributed by atoms with Crippen molar-refractivity contribution >= 4 is 29.9 Å². The second-order valence-electron chi connectivity index (χ2n) is 4.32. The van der Waals surface area contributed by atoms with Gasteiger partial charge in [-0.05, 0) is 12.1 Å². The first-order valence-corrected chi connectivity index (χ1v) is 5.53. The third-order valence-electron chi connectivity index (χ3n) is 2.37. The highest BCUT2D eigenvalue weighted by Crippen LogP contribution is 2.11. The second-order valence-corrected chi connectivity index (χ2v) is 4.32. The minimum atomic E-state index is -0.394. The van der Waals surface area contributed by atoms with E-state index in [1.165, 1.54) is 6.07 Å². The lowest BCUT2D eigenvalue weighted by Crippen LogP contribution is -2.35. The molecule has 4 nitrogen and oxygen atoms in total. The molecule has 0 radical (unpaired) electrons. The number of guanidine groups is 1. The summed E-state index contributed by atoms with van der Waals surface area (Å²) in [6.45, 7) is 0.253. The molecule has 1 rings (SSSR count). The maximum Gasteiger partial charge on any atom is 0.195 e. The van der Waals surface area contributed by atoms with Gasteiger partial charge >= 0.3 is 0 Å². The maximum absolute atomic E-state index is 13.6. The summed E-state index contributed by atoms with van der Waals surface area (Å²) in [6, 6.07) is 6.33. The fraction of sp³-hybridized carbons (Fsp3) is 0.385. The molecule has 0 saturated carbocycles. The van der Waals surface area contributed by atoms with Gasteiger partial charge < -0.3 is 9.80 Å². The highest BCUT2D eigenvalue weighted by molar-refractivity contribution is 14.0. The summed E-state index contributed by atoms with van der Waals surface area (Å²) >= 11 is 0. The number of hydrogen-bond donors (Lipinski definition) is 0. The minimum absolute atomic E-state index is 0. The van der Waals surface area contributed by atoms with Crippen LogP contribution in [0.25, 0.3) is 0 Å². The van der Waals surface area contributed by atoms with Crippen molar-refractivity contribution in [1.29, 1.82) is 5.26 Å². The molecule has 0 saturated heterocycles. The molecular formula is C13H18FIN4. The standard InChI is InChI=1S/C13H17FN4.HI/c1-17(2)13(18(3)4)16-9-11-6-5-10(8-15)7-12(11)14;/h5-7H,9H2,1-4H3;1H. The normalized spacial score (nSPS) is 9.05. The lowest BCUT2D eigenvalue weighted by molar-refractivity contribution is 0.478. The average molecular weight is 376 g/mol. The number of benzene rings is 1. The summed E-state index contributed by atoms with van der Waals surface area (Å²) in [7, 11) is 7.53. The van der Waals surface area contributed by atoms with Crippen molar-refractivity contribution in [2.75, 3.05) is 28.2 Å². The Morgan fingerprint density at radius 3 is 2.26 bits per heavy atom. The summed E-state index contributed by atoms with van der Waals surface area (Å²) < 4.78 is 13.6. The number of hydrogen-bond acceptors (Lipinski definition) is 2. The van der Waals surface area contributed by atoms with E-state index in [1.54, 1.807) is 12.1 Å². The van der Waals surface area contributed by atoms with Gasteiger partial charge in [0.05, 0.1) is 18.2 Å². The van der Waals surface area contributed by atoms with E-state index < -0.39 is 5.82 Å². The van der Waals surface area contributed by atoms with Gasteiger partial charge in [0.2, 0.25) is 0 Å². The van der Waals surface area contributed by atoms with Gasteiger partial charge in [0.25, 0.3) is 0 Å². The molecule has 0 unspecified atom stereocenters. The molecule has 0 aliphatic carbocycles. The molecule has 0 atom stereocenters. The average Bonchev–Trinajstić information content (AvgIpc) is 2.30. The predicted molar refractivity (Wildman–Crippen MR) is 85.0 cm³/mol. The van der Waals surface area contributed by atoms with Crippen LogP contribution in [0.4, 0.5) is 4.39 Å².